The van der Waals surface area contributed by atoms with Crippen molar-refractivity contribution in [2.75, 3.05) is 29.5 Å². The van der Waals surface area contributed by atoms with Gasteiger partial charge in [-0.1, -0.05) is 35.9 Å². The molecule has 10 nitrogen and oxygen atoms in total. The fourth-order valence-electron chi connectivity index (χ4n) is 6.07. The van der Waals surface area contributed by atoms with Crippen LogP contribution in [0.2, 0.25) is 5.02 Å². The Bertz CT molecular complexity index is 1330. The minimum atomic E-state index is -1.70. The van der Waals surface area contributed by atoms with Crippen molar-refractivity contribution in [1.29, 1.82) is 0 Å². The van der Waals surface area contributed by atoms with Gasteiger partial charge >= 0.3 is 0 Å². The van der Waals surface area contributed by atoms with Crippen molar-refractivity contribution >= 4 is 34.7 Å². The summed E-state index contributed by atoms with van der Waals surface area (Å²) in [6.07, 6.45) is -0.108. The van der Waals surface area contributed by atoms with E-state index in [1.165, 1.54) is 12.8 Å². The van der Waals surface area contributed by atoms with E-state index in [-0.39, 0.29) is 31.1 Å². The molecule has 0 saturated heterocycles. The van der Waals surface area contributed by atoms with Crippen molar-refractivity contribution < 1.29 is 39.9 Å². The number of carbonyl (C=O) groups is 2. The van der Waals surface area contributed by atoms with Crippen molar-refractivity contribution in [3.8, 4) is 0 Å². The number of ether oxygens (including phenoxy) is 1. The summed E-state index contributed by atoms with van der Waals surface area (Å²) < 4.78 is 6.32. The van der Waals surface area contributed by atoms with Gasteiger partial charge in [-0.25, -0.2) is 0 Å². The number of aliphatic hydroxyl groups excluding tert-OH is 5. The van der Waals surface area contributed by atoms with Gasteiger partial charge in [0.25, 0.3) is 5.91 Å². The first kappa shape index (κ1) is 33.8. The van der Waals surface area contributed by atoms with Gasteiger partial charge in [0.2, 0.25) is 0 Å². The fourth-order valence-corrected chi connectivity index (χ4v) is 6.24. The van der Waals surface area contributed by atoms with E-state index in [1.807, 2.05) is 41.3 Å². The third-order valence-corrected chi connectivity index (χ3v) is 9.57. The third kappa shape index (κ3) is 8.24. The van der Waals surface area contributed by atoms with E-state index in [0.29, 0.717) is 43.3 Å². The Morgan fingerprint density at radius 2 is 1.64 bits per heavy atom. The van der Waals surface area contributed by atoms with Crippen LogP contribution in [0.5, 0.6) is 0 Å². The number of nitrogens with zero attached hydrogens (tertiary/aromatic N) is 2. The van der Waals surface area contributed by atoms with E-state index in [0.717, 1.165) is 41.9 Å². The number of fused-ring (bicyclic) bond motifs is 1. The molecule has 0 radical (unpaired) electrons. The summed E-state index contributed by atoms with van der Waals surface area (Å²) in [4.78, 5) is 30.4. The molecule has 11 heteroatoms. The average Bonchev–Trinajstić information content (AvgIpc) is 4.00. The average molecular weight is 645 g/mol. The summed E-state index contributed by atoms with van der Waals surface area (Å²) in [5.74, 6) is -0.0529. The molecule has 0 unspecified atom stereocenters. The lowest BCUT2D eigenvalue weighted by Crippen LogP contribution is -2.49. The highest BCUT2D eigenvalue weighted by Gasteiger charge is 2.54. The van der Waals surface area contributed by atoms with Crippen molar-refractivity contribution in [1.82, 2.24) is 0 Å². The molecule has 4 atom stereocenters. The molecule has 2 aliphatic carbocycles. The number of hydrogen-bond acceptors (Lipinski definition) is 9. The predicted molar refractivity (Wildman–Crippen MR) is 170 cm³/mol. The Morgan fingerprint density at radius 1 is 0.933 bits per heavy atom. The maximum atomic E-state index is 13.8. The van der Waals surface area contributed by atoms with Gasteiger partial charge < -0.3 is 40.1 Å². The maximum absolute atomic E-state index is 13.8. The van der Waals surface area contributed by atoms with Gasteiger partial charge in [0.1, 0.15) is 29.7 Å². The normalized spacial score (nSPS) is 19.9. The minimum Gasteiger partial charge on any atom is -0.394 e. The highest BCUT2D eigenvalue weighted by molar-refractivity contribution is 6.31. The molecule has 1 heterocycles. The lowest BCUT2D eigenvalue weighted by Gasteiger charge is -2.39. The fraction of sp³-hybridized carbons (Fsp3) is 0.588. The van der Waals surface area contributed by atoms with Crippen molar-refractivity contribution in [2.24, 2.45) is 0 Å². The Labute approximate surface area is 269 Å². The van der Waals surface area contributed by atoms with E-state index in [9.17, 15) is 30.0 Å². The Kier molecular flexibility index (Phi) is 11.2. The van der Waals surface area contributed by atoms with Crippen LogP contribution >= 0.6 is 11.6 Å². The van der Waals surface area contributed by atoms with Crippen LogP contribution in [0.15, 0.2) is 42.5 Å². The van der Waals surface area contributed by atoms with Crippen LogP contribution in [0, 0.1) is 0 Å². The first-order valence-electron chi connectivity index (χ1n) is 16.1. The maximum Gasteiger partial charge on any atom is 0.259 e. The second kappa shape index (κ2) is 14.9. The summed E-state index contributed by atoms with van der Waals surface area (Å²) >= 11 is 6.52. The summed E-state index contributed by atoms with van der Waals surface area (Å²) in [5.41, 5.74) is 3.14. The van der Waals surface area contributed by atoms with E-state index in [1.54, 1.807) is 0 Å². The number of ketones is 1. The van der Waals surface area contributed by atoms with Crippen molar-refractivity contribution in [3.05, 3.63) is 58.6 Å². The number of anilines is 2. The van der Waals surface area contributed by atoms with Crippen molar-refractivity contribution in [2.45, 2.75) is 107 Å². The zero-order valence-electron chi connectivity index (χ0n) is 25.6. The van der Waals surface area contributed by atoms with E-state index < -0.39 is 36.6 Å². The number of Topliss-reactive ketones (excluding diaryl/α,β-unsaturated/α-hetero) is 1. The SMILES string of the molecule is O=C(CCCCc1ccc(Cl)c(COC2(C(=O)N3CCN(C4CC4)c4ccccc43)CC2)c1)CC[C@H](O)[C@@H](O)[C@H](O)[C@H](O)CO. The molecule has 3 aliphatic rings. The molecular weight excluding hydrogens is 600 g/mol. The summed E-state index contributed by atoms with van der Waals surface area (Å²) in [6, 6.07) is 14.5. The zero-order chi connectivity index (χ0) is 32.1. The number of benzene rings is 2. The van der Waals surface area contributed by atoms with E-state index in [4.69, 9.17) is 21.4 Å². The molecule has 246 valence electrons. The number of amides is 1. The standard InChI is InChI=1S/C34H45ClN2O8/c35-26-13-9-22(5-1-2-6-25(39)12-14-29(40)31(42)32(43)30(41)20-38)19-23(26)21-45-34(15-16-34)33(44)37-18-17-36(24-10-11-24)27-7-3-4-8-28(27)37/h3-4,7-9,13,19,24,29-32,38,40-43H,1-2,5-6,10-12,14-18,20-21H2/t29-,30+,31+,32+/m0/s1. The van der Waals surface area contributed by atoms with Crippen LogP contribution < -0.4 is 9.80 Å². The number of rotatable bonds is 17. The van der Waals surface area contributed by atoms with Gasteiger partial charge in [0, 0.05) is 37.0 Å². The van der Waals surface area contributed by atoms with Crippen molar-refractivity contribution in [3.63, 3.8) is 0 Å². The Balaban J connectivity index is 1.07. The molecule has 2 aromatic rings. The molecule has 2 saturated carbocycles. The highest BCUT2D eigenvalue weighted by Crippen LogP contribution is 2.46. The molecule has 1 amide bonds. The van der Waals surface area contributed by atoms with Gasteiger partial charge in [-0.2, -0.15) is 0 Å². The number of para-hydroxylation sites is 2. The van der Waals surface area contributed by atoms with E-state index in [2.05, 4.69) is 11.0 Å². The lowest BCUT2D eigenvalue weighted by atomic mass is 9.97. The molecule has 0 spiro atoms. The van der Waals surface area contributed by atoms with Crippen LogP contribution in [0.1, 0.15) is 68.9 Å². The minimum absolute atomic E-state index is 0.0169. The predicted octanol–water partition coefficient (Wildman–Crippen LogP) is 2.90. The van der Waals surface area contributed by atoms with Gasteiger partial charge in [0.15, 0.2) is 0 Å². The molecule has 5 N–H and O–H groups in total. The van der Waals surface area contributed by atoms with Crippen LogP contribution in [-0.2, 0) is 27.4 Å². The Hall–Kier alpha value is -2.57. The molecule has 2 aromatic carbocycles. The largest absolute Gasteiger partial charge is 0.394 e. The molecule has 1 aliphatic heterocycles. The Morgan fingerprint density at radius 3 is 2.33 bits per heavy atom. The molecule has 5 rings (SSSR count). The topological polar surface area (TPSA) is 151 Å². The molecule has 45 heavy (non-hydrogen) atoms. The van der Waals surface area contributed by atoms with Crippen LogP contribution in [0.3, 0.4) is 0 Å². The van der Waals surface area contributed by atoms with Crippen LogP contribution in [0.4, 0.5) is 11.4 Å². The summed E-state index contributed by atoms with van der Waals surface area (Å²) in [5, 5.41) is 48.5. The van der Waals surface area contributed by atoms with Gasteiger partial charge in [-0.15, -0.1) is 0 Å². The van der Waals surface area contributed by atoms with Gasteiger partial charge in [-0.05, 0) is 80.7 Å². The molecular formula is C34H45ClN2O8. The third-order valence-electron chi connectivity index (χ3n) is 9.20. The summed E-state index contributed by atoms with van der Waals surface area (Å²) in [6.45, 7) is 0.962. The van der Waals surface area contributed by atoms with Crippen LogP contribution in [0.25, 0.3) is 0 Å². The number of hydrogen-bond donors (Lipinski definition) is 5. The summed E-state index contributed by atoms with van der Waals surface area (Å²) in [7, 11) is 0. The zero-order valence-corrected chi connectivity index (χ0v) is 26.3. The molecule has 0 aromatic heterocycles. The van der Waals surface area contributed by atoms with Crippen LogP contribution in [-0.4, -0.2) is 93.0 Å². The highest BCUT2D eigenvalue weighted by atomic mass is 35.5. The smallest absolute Gasteiger partial charge is 0.259 e. The van der Waals surface area contributed by atoms with E-state index >= 15 is 0 Å². The molecule has 2 fully saturated rings. The van der Waals surface area contributed by atoms with Gasteiger partial charge in [0.05, 0.1) is 30.7 Å². The molecule has 0 bridgehead atoms. The number of aliphatic hydroxyl groups is 5. The van der Waals surface area contributed by atoms with Gasteiger partial charge in [-0.3, -0.25) is 9.59 Å². The quantitative estimate of drug-likeness (QED) is 0.164. The second-order valence-electron chi connectivity index (χ2n) is 12.7. The number of halogens is 1. The first-order chi connectivity index (χ1) is 21.6. The first-order valence-corrected chi connectivity index (χ1v) is 16.4. The monoisotopic (exact) mass is 644 g/mol. The lowest BCUT2D eigenvalue weighted by molar-refractivity contribution is -0.134. The number of carbonyl (C=O) groups excluding carboxylic acids is 2. The second-order valence-corrected chi connectivity index (χ2v) is 13.1. The number of aryl methyl sites for hydroxylation is 1. The number of unbranched alkanes of at least 4 members (excludes halogenated alkanes) is 1.